The molecule has 1 aliphatic heterocycles. The summed E-state index contributed by atoms with van der Waals surface area (Å²) in [6.07, 6.45) is -4.87. The quantitative estimate of drug-likeness (QED) is 0.656. The molecule has 1 fully saturated rings. The van der Waals surface area contributed by atoms with E-state index in [9.17, 15) is 22.8 Å². The molecule has 1 aliphatic rings. The zero-order chi connectivity index (χ0) is 21.6. The van der Waals surface area contributed by atoms with E-state index in [0.717, 1.165) is 12.1 Å². The number of carboxylic acids is 1. The number of hydrogen-bond acceptors (Lipinski definition) is 5. The Morgan fingerprint density at radius 2 is 1.83 bits per heavy atom. The molecule has 8 nitrogen and oxygen atoms in total. The van der Waals surface area contributed by atoms with Gasteiger partial charge in [0.05, 0.1) is 11.4 Å². The summed E-state index contributed by atoms with van der Waals surface area (Å²) in [6, 6.07) is 10.0. The van der Waals surface area contributed by atoms with Crippen LogP contribution in [0.15, 0.2) is 42.5 Å². The van der Waals surface area contributed by atoms with Crippen LogP contribution in [0, 0.1) is 5.92 Å². The minimum absolute atomic E-state index is 0.0332. The summed E-state index contributed by atoms with van der Waals surface area (Å²) in [4.78, 5) is 29.2. The van der Waals surface area contributed by atoms with Gasteiger partial charge in [0.1, 0.15) is 23.1 Å². The Bertz CT molecular complexity index is 1150. The van der Waals surface area contributed by atoms with Crippen molar-refractivity contribution >= 4 is 28.6 Å². The number of carbonyl (C=O) groups is 2. The Balaban J connectivity index is 1.78. The SMILES string of the molecule is NC(=O)c1cc2ccc(OC(F)(F)F)cc2n1-c1cccc(N2CC(C(=O)O)C2)n1. The van der Waals surface area contributed by atoms with Crippen molar-refractivity contribution in [2.75, 3.05) is 18.0 Å². The summed E-state index contributed by atoms with van der Waals surface area (Å²) in [5.41, 5.74) is 5.75. The standard InChI is InChI=1S/C19H15F3N4O4/c20-19(21,22)30-12-5-4-10-6-14(17(23)27)26(13(10)7-12)16-3-1-2-15(24-16)25-8-11(9-25)18(28)29/h1-7,11H,8-9H2,(H2,23,27)(H,28,29). The molecule has 0 aliphatic carbocycles. The predicted molar refractivity (Wildman–Crippen MR) is 99.6 cm³/mol. The maximum absolute atomic E-state index is 12.6. The van der Waals surface area contributed by atoms with E-state index in [1.54, 1.807) is 23.1 Å². The molecule has 3 N–H and O–H groups in total. The molecule has 0 unspecified atom stereocenters. The third-order valence-electron chi connectivity index (χ3n) is 4.77. The molecule has 1 saturated heterocycles. The van der Waals surface area contributed by atoms with Crippen molar-refractivity contribution in [1.29, 1.82) is 0 Å². The van der Waals surface area contributed by atoms with Gasteiger partial charge < -0.3 is 20.5 Å². The Morgan fingerprint density at radius 3 is 2.47 bits per heavy atom. The summed E-state index contributed by atoms with van der Waals surface area (Å²) in [7, 11) is 0. The molecule has 3 heterocycles. The number of benzene rings is 1. The number of pyridine rings is 1. The first-order chi connectivity index (χ1) is 14.1. The van der Waals surface area contributed by atoms with Crippen LogP contribution < -0.4 is 15.4 Å². The number of nitrogens with two attached hydrogens (primary N) is 1. The number of amides is 1. The van der Waals surface area contributed by atoms with Crippen LogP contribution in [0.4, 0.5) is 19.0 Å². The lowest BCUT2D eigenvalue weighted by Gasteiger charge is -2.37. The van der Waals surface area contributed by atoms with Gasteiger partial charge in [-0.25, -0.2) is 4.98 Å². The smallest absolute Gasteiger partial charge is 0.481 e. The van der Waals surface area contributed by atoms with E-state index in [1.165, 1.54) is 16.7 Å². The first-order valence-corrected chi connectivity index (χ1v) is 8.78. The highest BCUT2D eigenvalue weighted by molar-refractivity contribution is 5.99. The van der Waals surface area contributed by atoms with Gasteiger partial charge in [0, 0.05) is 24.5 Å². The fraction of sp³-hybridized carbons (Fsp3) is 0.211. The zero-order valence-corrected chi connectivity index (χ0v) is 15.3. The minimum atomic E-state index is -4.87. The van der Waals surface area contributed by atoms with E-state index < -0.39 is 29.9 Å². The molecule has 0 bridgehead atoms. The molecule has 1 aromatic carbocycles. The Hall–Kier alpha value is -3.76. The van der Waals surface area contributed by atoms with Crippen LogP contribution in [0.3, 0.4) is 0 Å². The molecular weight excluding hydrogens is 405 g/mol. The largest absolute Gasteiger partial charge is 0.573 e. The van der Waals surface area contributed by atoms with Crippen molar-refractivity contribution in [2.24, 2.45) is 11.7 Å². The number of halogens is 3. The second-order valence-electron chi connectivity index (χ2n) is 6.79. The van der Waals surface area contributed by atoms with Gasteiger partial charge in [-0.05, 0) is 30.3 Å². The molecule has 4 rings (SSSR count). The van der Waals surface area contributed by atoms with E-state index in [4.69, 9.17) is 10.8 Å². The van der Waals surface area contributed by atoms with E-state index in [1.807, 2.05) is 0 Å². The van der Waals surface area contributed by atoms with E-state index >= 15 is 0 Å². The third kappa shape index (κ3) is 3.61. The van der Waals surface area contributed by atoms with Crippen LogP contribution in [-0.4, -0.2) is 46.0 Å². The van der Waals surface area contributed by atoms with Gasteiger partial charge in [0.25, 0.3) is 5.91 Å². The monoisotopic (exact) mass is 420 g/mol. The molecule has 0 spiro atoms. The van der Waals surface area contributed by atoms with Crippen molar-refractivity contribution in [3.05, 3.63) is 48.2 Å². The summed E-state index contributed by atoms with van der Waals surface area (Å²) in [5, 5.41) is 9.50. The number of alkyl halides is 3. The molecule has 156 valence electrons. The van der Waals surface area contributed by atoms with Crippen molar-refractivity contribution in [3.63, 3.8) is 0 Å². The van der Waals surface area contributed by atoms with Crippen LogP contribution >= 0.6 is 0 Å². The number of ether oxygens (including phenoxy) is 1. The number of anilines is 1. The molecule has 2 aromatic heterocycles. The van der Waals surface area contributed by atoms with Crippen molar-refractivity contribution in [3.8, 4) is 11.6 Å². The van der Waals surface area contributed by atoms with Gasteiger partial charge in [0.2, 0.25) is 0 Å². The summed E-state index contributed by atoms with van der Waals surface area (Å²) >= 11 is 0. The highest BCUT2D eigenvalue weighted by atomic mass is 19.4. The fourth-order valence-electron chi connectivity index (χ4n) is 3.34. The highest BCUT2D eigenvalue weighted by Gasteiger charge is 2.34. The number of hydrogen-bond donors (Lipinski definition) is 2. The molecule has 30 heavy (non-hydrogen) atoms. The van der Waals surface area contributed by atoms with E-state index in [0.29, 0.717) is 11.2 Å². The van der Waals surface area contributed by atoms with Crippen LogP contribution in [-0.2, 0) is 4.79 Å². The number of rotatable bonds is 5. The highest BCUT2D eigenvalue weighted by Crippen LogP contribution is 2.31. The molecule has 0 atom stereocenters. The summed E-state index contributed by atoms with van der Waals surface area (Å²) in [5.74, 6) is -1.90. The number of carbonyl (C=O) groups excluding carboxylic acids is 1. The Morgan fingerprint density at radius 1 is 1.13 bits per heavy atom. The van der Waals surface area contributed by atoms with E-state index in [-0.39, 0.29) is 30.1 Å². The van der Waals surface area contributed by atoms with Gasteiger partial charge in [-0.2, -0.15) is 0 Å². The van der Waals surface area contributed by atoms with Crippen molar-refractivity contribution in [2.45, 2.75) is 6.36 Å². The average Bonchev–Trinajstić information content (AvgIpc) is 2.98. The number of carboxylic acid groups (broad SMARTS) is 1. The molecule has 3 aromatic rings. The molecule has 11 heteroatoms. The van der Waals surface area contributed by atoms with Gasteiger partial charge in [-0.15, -0.1) is 13.2 Å². The van der Waals surface area contributed by atoms with Gasteiger partial charge in [-0.1, -0.05) is 6.07 Å². The average molecular weight is 420 g/mol. The fourth-order valence-corrected chi connectivity index (χ4v) is 3.34. The van der Waals surface area contributed by atoms with Crippen LogP contribution in [0.5, 0.6) is 5.75 Å². The molecule has 0 saturated carbocycles. The predicted octanol–water partition coefficient (Wildman–Crippen LogP) is 2.54. The molecule has 1 amide bonds. The Labute approximate surface area is 167 Å². The van der Waals surface area contributed by atoms with Crippen LogP contribution in [0.1, 0.15) is 10.5 Å². The second kappa shape index (κ2) is 6.94. The van der Waals surface area contributed by atoms with Crippen LogP contribution in [0.2, 0.25) is 0 Å². The molecule has 0 radical (unpaired) electrons. The first kappa shape index (κ1) is 19.6. The summed E-state index contributed by atoms with van der Waals surface area (Å²) in [6.45, 7) is 0.564. The van der Waals surface area contributed by atoms with Crippen molar-refractivity contribution in [1.82, 2.24) is 9.55 Å². The van der Waals surface area contributed by atoms with E-state index in [2.05, 4.69) is 9.72 Å². The maximum Gasteiger partial charge on any atom is 0.573 e. The number of aromatic nitrogens is 2. The zero-order valence-electron chi connectivity index (χ0n) is 15.3. The van der Waals surface area contributed by atoms with Crippen LogP contribution in [0.25, 0.3) is 16.7 Å². The lowest BCUT2D eigenvalue weighted by Crippen LogP contribution is -2.50. The third-order valence-corrected chi connectivity index (χ3v) is 4.77. The second-order valence-corrected chi connectivity index (χ2v) is 6.79. The number of aliphatic carboxylic acids is 1. The normalized spacial score (nSPS) is 14.6. The summed E-state index contributed by atoms with van der Waals surface area (Å²) < 4.78 is 43.2. The maximum atomic E-state index is 12.6. The van der Waals surface area contributed by atoms with Gasteiger partial charge in [0.15, 0.2) is 0 Å². The van der Waals surface area contributed by atoms with Gasteiger partial charge in [-0.3, -0.25) is 14.2 Å². The minimum Gasteiger partial charge on any atom is -0.481 e. The topological polar surface area (TPSA) is 111 Å². The molecular formula is C19H15F3N4O4. The first-order valence-electron chi connectivity index (χ1n) is 8.78. The lowest BCUT2D eigenvalue weighted by atomic mass is 10.0. The number of primary amides is 1. The lowest BCUT2D eigenvalue weighted by molar-refractivity contribution is -0.274. The number of nitrogens with zero attached hydrogens (tertiary/aromatic N) is 3. The number of fused-ring (bicyclic) bond motifs is 1. The van der Waals surface area contributed by atoms with Crippen molar-refractivity contribution < 1.29 is 32.6 Å². The van der Waals surface area contributed by atoms with Gasteiger partial charge >= 0.3 is 12.3 Å². The Kier molecular flexibility index (Phi) is 4.52.